The van der Waals surface area contributed by atoms with Crippen LogP contribution in [0.5, 0.6) is 11.5 Å². The standard InChI is InChI=1S/C33H29NO2/c1-35-30-16-12-28(13-17-30)33(29-14-18-31(36-2)19-15-29)32(26-6-4-3-5-7-26)27-10-8-24(9-11-27)25-20-22-34-23-21-25/h3-22,34H,23H2,1-2H3/p+1. The van der Waals surface area contributed by atoms with E-state index in [4.69, 9.17) is 9.47 Å². The quantitative estimate of drug-likeness (QED) is 0.326. The minimum atomic E-state index is 0.838. The Kier molecular flexibility index (Phi) is 7.11. The first-order valence-corrected chi connectivity index (χ1v) is 12.2. The van der Waals surface area contributed by atoms with E-state index >= 15 is 0 Å². The summed E-state index contributed by atoms with van der Waals surface area (Å²) < 4.78 is 10.9. The van der Waals surface area contributed by atoms with Gasteiger partial charge in [-0.05, 0) is 81.0 Å². The van der Waals surface area contributed by atoms with Gasteiger partial charge in [0.15, 0.2) is 0 Å². The molecule has 1 aliphatic rings. The van der Waals surface area contributed by atoms with Gasteiger partial charge in [0.05, 0.1) is 27.0 Å². The normalized spacial score (nSPS) is 12.6. The van der Waals surface area contributed by atoms with E-state index < -0.39 is 0 Å². The van der Waals surface area contributed by atoms with E-state index in [0.717, 1.165) is 34.7 Å². The topological polar surface area (TPSA) is 35.1 Å². The zero-order chi connectivity index (χ0) is 24.7. The van der Waals surface area contributed by atoms with Crippen LogP contribution in [0.15, 0.2) is 121 Å². The Labute approximate surface area is 213 Å². The lowest BCUT2D eigenvalue weighted by atomic mass is 9.85. The second kappa shape index (κ2) is 10.9. The van der Waals surface area contributed by atoms with E-state index in [1.54, 1.807) is 14.2 Å². The van der Waals surface area contributed by atoms with Crippen LogP contribution in [0.1, 0.15) is 27.8 Å². The Bertz CT molecular complexity index is 1350. The first-order chi connectivity index (χ1) is 17.8. The highest BCUT2D eigenvalue weighted by Crippen LogP contribution is 2.38. The van der Waals surface area contributed by atoms with Crippen LogP contribution < -0.4 is 14.8 Å². The summed E-state index contributed by atoms with van der Waals surface area (Å²) in [5.74, 6) is 1.68. The highest BCUT2D eigenvalue weighted by molar-refractivity contribution is 6.04. The molecule has 0 radical (unpaired) electrons. The smallest absolute Gasteiger partial charge is 0.118 e. The Morgan fingerprint density at radius 2 is 1.06 bits per heavy atom. The third kappa shape index (κ3) is 5.02. The lowest BCUT2D eigenvalue weighted by Crippen LogP contribution is -2.78. The van der Waals surface area contributed by atoms with Crippen molar-refractivity contribution in [1.29, 1.82) is 0 Å². The molecule has 4 aromatic rings. The van der Waals surface area contributed by atoms with Gasteiger partial charge in [0.2, 0.25) is 0 Å². The van der Waals surface area contributed by atoms with Crippen molar-refractivity contribution < 1.29 is 14.8 Å². The molecule has 3 nitrogen and oxygen atoms in total. The average molecular weight is 473 g/mol. The van der Waals surface area contributed by atoms with E-state index in [1.165, 1.54) is 27.8 Å². The van der Waals surface area contributed by atoms with Crippen LogP contribution in [0, 0.1) is 0 Å². The first kappa shape index (κ1) is 23.4. The Balaban J connectivity index is 1.73. The molecule has 0 saturated heterocycles. The van der Waals surface area contributed by atoms with Crippen LogP contribution in [0.3, 0.4) is 0 Å². The van der Waals surface area contributed by atoms with Crippen molar-refractivity contribution in [2.45, 2.75) is 0 Å². The molecule has 4 aromatic carbocycles. The minimum Gasteiger partial charge on any atom is -0.497 e. The maximum absolute atomic E-state index is 5.44. The van der Waals surface area contributed by atoms with Gasteiger partial charge < -0.3 is 14.8 Å². The highest BCUT2D eigenvalue weighted by atomic mass is 16.5. The number of nitrogens with two attached hydrogens (primary N) is 1. The number of methoxy groups -OCH3 is 2. The molecule has 0 saturated carbocycles. The molecule has 0 amide bonds. The van der Waals surface area contributed by atoms with Crippen LogP contribution in [0.2, 0.25) is 0 Å². The predicted octanol–water partition coefficient (Wildman–Crippen LogP) is 6.19. The van der Waals surface area contributed by atoms with Gasteiger partial charge in [-0.3, -0.25) is 0 Å². The van der Waals surface area contributed by atoms with Gasteiger partial charge in [-0.15, -0.1) is 0 Å². The van der Waals surface area contributed by atoms with Gasteiger partial charge in [-0.1, -0.05) is 78.9 Å². The molecule has 0 aromatic heterocycles. The monoisotopic (exact) mass is 472 g/mol. The second-order valence-corrected chi connectivity index (χ2v) is 8.64. The zero-order valence-electron chi connectivity index (χ0n) is 20.6. The third-order valence-electron chi connectivity index (χ3n) is 6.46. The molecule has 36 heavy (non-hydrogen) atoms. The van der Waals surface area contributed by atoms with Gasteiger partial charge in [-0.25, -0.2) is 0 Å². The summed E-state index contributed by atoms with van der Waals surface area (Å²) >= 11 is 0. The summed E-state index contributed by atoms with van der Waals surface area (Å²) in [7, 11) is 3.39. The van der Waals surface area contributed by atoms with Gasteiger partial charge in [0.1, 0.15) is 11.5 Å². The highest BCUT2D eigenvalue weighted by Gasteiger charge is 2.17. The van der Waals surface area contributed by atoms with Crippen LogP contribution >= 0.6 is 0 Å². The van der Waals surface area contributed by atoms with Crippen LogP contribution in [-0.2, 0) is 0 Å². The minimum absolute atomic E-state index is 0.838. The van der Waals surface area contributed by atoms with Gasteiger partial charge in [0, 0.05) is 0 Å². The number of ether oxygens (including phenoxy) is 2. The largest absolute Gasteiger partial charge is 0.497 e. The van der Waals surface area contributed by atoms with E-state index in [-0.39, 0.29) is 0 Å². The van der Waals surface area contributed by atoms with Crippen molar-refractivity contribution in [3.05, 3.63) is 149 Å². The number of hydrogen-bond donors (Lipinski definition) is 1. The average Bonchev–Trinajstić information content (AvgIpc) is 2.97. The van der Waals surface area contributed by atoms with Crippen LogP contribution in [0.25, 0.3) is 16.7 Å². The summed E-state index contributed by atoms with van der Waals surface area (Å²) in [6, 6.07) is 36.1. The number of benzene rings is 4. The molecule has 3 heteroatoms. The molecule has 1 heterocycles. The zero-order valence-corrected chi connectivity index (χ0v) is 20.6. The van der Waals surface area contributed by atoms with Gasteiger partial charge in [-0.2, -0.15) is 0 Å². The van der Waals surface area contributed by atoms with Crippen molar-refractivity contribution in [2.24, 2.45) is 0 Å². The summed E-state index contributed by atoms with van der Waals surface area (Å²) in [4.78, 5) is 0. The molecule has 0 atom stereocenters. The maximum atomic E-state index is 5.44. The second-order valence-electron chi connectivity index (χ2n) is 8.64. The molecule has 2 N–H and O–H groups in total. The summed E-state index contributed by atoms with van der Waals surface area (Å²) in [6.07, 6.45) is 6.57. The van der Waals surface area contributed by atoms with Crippen molar-refractivity contribution in [3.63, 3.8) is 0 Å². The van der Waals surface area contributed by atoms with E-state index in [2.05, 4.69) is 103 Å². The fourth-order valence-corrected chi connectivity index (χ4v) is 4.59. The van der Waals surface area contributed by atoms with Crippen LogP contribution in [-0.4, -0.2) is 20.8 Å². The lowest BCUT2D eigenvalue weighted by Gasteiger charge is -2.19. The fourth-order valence-electron chi connectivity index (χ4n) is 4.59. The van der Waals surface area contributed by atoms with Crippen molar-refractivity contribution in [2.75, 3.05) is 20.8 Å². The van der Waals surface area contributed by atoms with Crippen molar-refractivity contribution >= 4 is 16.7 Å². The Hall–Kier alpha value is -4.34. The van der Waals surface area contributed by atoms with Crippen LogP contribution in [0.4, 0.5) is 0 Å². The maximum Gasteiger partial charge on any atom is 0.118 e. The molecular formula is C33H30NO2+. The molecule has 0 fully saturated rings. The van der Waals surface area contributed by atoms with Crippen molar-refractivity contribution in [1.82, 2.24) is 0 Å². The number of rotatable bonds is 7. The number of hydrogen-bond acceptors (Lipinski definition) is 2. The molecule has 0 unspecified atom stereocenters. The lowest BCUT2D eigenvalue weighted by molar-refractivity contribution is -0.578. The summed E-state index contributed by atoms with van der Waals surface area (Å²) in [6.45, 7) is 0.974. The summed E-state index contributed by atoms with van der Waals surface area (Å²) in [5, 5.41) is 2.17. The SMILES string of the molecule is COc1ccc(C(=C(c2ccccc2)c2ccc(C3=CC[NH2+]C=C3)cc2)c2ccc(OC)cc2)cc1. The number of allylic oxidation sites excluding steroid dienone is 2. The Morgan fingerprint density at radius 3 is 1.50 bits per heavy atom. The Morgan fingerprint density at radius 1 is 0.583 bits per heavy atom. The summed E-state index contributed by atoms with van der Waals surface area (Å²) in [5.41, 5.74) is 9.40. The van der Waals surface area contributed by atoms with E-state index in [1.807, 2.05) is 24.3 Å². The van der Waals surface area contributed by atoms with E-state index in [9.17, 15) is 0 Å². The molecule has 0 spiro atoms. The number of quaternary nitrogens is 1. The molecule has 0 bridgehead atoms. The predicted molar refractivity (Wildman–Crippen MR) is 148 cm³/mol. The third-order valence-corrected chi connectivity index (χ3v) is 6.46. The fraction of sp³-hybridized carbons (Fsp3) is 0.0909. The molecule has 1 aliphatic heterocycles. The van der Waals surface area contributed by atoms with Crippen molar-refractivity contribution in [3.8, 4) is 11.5 Å². The molecular weight excluding hydrogens is 442 g/mol. The van der Waals surface area contributed by atoms with Gasteiger partial charge >= 0.3 is 0 Å². The first-order valence-electron chi connectivity index (χ1n) is 12.2. The molecule has 5 rings (SSSR count). The molecule has 0 aliphatic carbocycles. The van der Waals surface area contributed by atoms with Gasteiger partial charge in [0.25, 0.3) is 0 Å². The van der Waals surface area contributed by atoms with E-state index in [0.29, 0.717) is 0 Å². The molecule has 178 valence electrons.